The van der Waals surface area contributed by atoms with Crippen LogP contribution in [-0.2, 0) is 0 Å². The van der Waals surface area contributed by atoms with Crippen molar-refractivity contribution < 1.29 is 14.1 Å². The van der Waals surface area contributed by atoms with E-state index in [4.69, 9.17) is 4.42 Å². The van der Waals surface area contributed by atoms with Crippen LogP contribution in [0.25, 0.3) is 0 Å². The van der Waals surface area contributed by atoms with E-state index < -0.39 is 4.92 Å². The van der Waals surface area contributed by atoms with E-state index in [1.54, 1.807) is 0 Å². The normalized spacial score (nSPS) is 19.9. The lowest BCUT2D eigenvalue weighted by atomic mass is 10.4. The van der Waals surface area contributed by atoms with Gasteiger partial charge in [0.1, 0.15) is 4.92 Å². The van der Waals surface area contributed by atoms with Crippen molar-refractivity contribution in [2.24, 2.45) is 5.10 Å². The van der Waals surface area contributed by atoms with Crippen molar-refractivity contribution in [1.29, 1.82) is 0 Å². The Labute approximate surface area is 96.0 Å². The maximum atomic E-state index is 11.3. The van der Waals surface area contributed by atoms with Crippen LogP contribution >= 0.6 is 0 Å². The van der Waals surface area contributed by atoms with Gasteiger partial charge in [-0.05, 0) is 13.0 Å². The Morgan fingerprint density at radius 3 is 3.00 bits per heavy atom. The molecular formula is C9H10N4O4. The molecule has 2 rings (SSSR count). The molecule has 0 spiro atoms. The number of hydrogen-bond donors (Lipinski definition) is 1. The van der Waals surface area contributed by atoms with Gasteiger partial charge in [-0.2, -0.15) is 5.10 Å². The first-order valence-corrected chi connectivity index (χ1v) is 4.92. The molecule has 0 bridgehead atoms. The van der Waals surface area contributed by atoms with Gasteiger partial charge >= 0.3 is 11.9 Å². The van der Waals surface area contributed by atoms with Gasteiger partial charge in [0, 0.05) is 6.04 Å². The highest BCUT2D eigenvalue weighted by Crippen LogP contribution is 2.14. The van der Waals surface area contributed by atoms with Crippen molar-refractivity contribution in [3.05, 3.63) is 28.0 Å². The standard InChI is InChI=1S/C9H10N4O4/c1-6-5-12(9(14)11-6)10-4-7-2-3-8(17-7)13(15)16/h2-4,6H,5H2,1H3,(H,11,14)/b10-4+. The summed E-state index contributed by atoms with van der Waals surface area (Å²) in [7, 11) is 0. The number of nitrogens with zero attached hydrogens (tertiary/aromatic N) is 3. The molecule has 90 valence electrons. The van der Waals surface area contributed by atoms with E-state index in [1.807, 2.05) is 6.92 Å². The monoisotopic (exact) mass is 238 g/mol. The minimum absolute atomic E-state index is 0.0330. The van der Waals surface area contributed by atoms with Crippen molar-refractivity contribution in [2.45, 2.75) is 13.0 Å². The zero-order chi connectivity index (χ0) is 12.4. The fourth-order valence-corrected chi connectivity index (χ4v) is 1.41. The van der Waals surface area contributed by atoms with Gasteiger partial charge in [-0.1, -0.05) is 0 Å². The second-order valence-corrected chi connectivity index (χ2v) is 3.61. The zero-order valence-electron chi connectivity index (χ0n) is 8.99. The summed E-state index contributed by atoms with van der Waals surface area (Å²) < 4.78 is 4.86. The molecule has 2 amide bonds. The lowest BCUT2D eigenvalue weighted by Gasteiger charge is -2.04. The molecule has 1 N–H and O–H groups in total. The summed E-state index contributed by atoms with van der Waals surface area (Å²) in [6.07, 6.45) is 1.27. The lowest BCUT2D eigenvalue weighted by Crippen LogP contribution is -2.24. The Kier molecular flexibility index (Phi) is 2.77. The molecule has 1 saturated heterocycles. The zero-order valence-corrected chi connectivity index (χ0v) is 8.99. The first-order chi connectivity index (χ1) is 8.06. The van der Waals surface area contributed by atoms with Crippen LogP contribution in [0.1, 0.15) is 12.7 Å². The number of carbonyl (C=O) groups excluding carboxylic acids is 1. The van der Waals surface area contributed by atoms with Gasteiger partial charge in [-0.25, -0.2) is 9.80 Å². The quantitative estimate of drug-likeness (QED) is 0.481. The van der Waals surface area contributed by atoms with Crippen LogP contribution in [0, 0.1) is 10.1 Å². The van der Waals surface area contributed by atoms with Crippen LogP contribution in [0.15, 0.2) is 21.7 Å². The Hall–Kier alpha value is -2.38. The van der Waals surface area contributed by atoms with E-state index >= 15 is 0 Å². The first kappa shape index (κ1) is 11.1. The molecular weight excluding hydrogens is 228 g/mol. The Morgan fingerprint density at radius 1 is 1.71 bits per heavy atom. The summed E-state index contributed by atoms with van der Waals surface area (Å²) in [5, 5.41) is 18.1. The summed E-state index contributed by atoms with van der Waals surface area (Å²) in [6, 6.07) is 2.38. The van der Waals surface area contributed by atoms with Crippen LogP contribution in [0.3, 0.4) is 0 Å². The second-order valence-electron chi connectivity index (χ2n) is 3.61. The third-order valence-corrected chi connectivity index (χ3v) is 2.17. The molecule has 8 heteroatoms. The molecule has 1 aliphatic heterocycles. The Bertz CT molecular complexity index is 481. The number of hydrogen-bond acceptors (Lipinski definition) is 5. The molecule has 1 aliphatic rings. The number of urea groups is 1. The van der Waals surface area contributed by atoms with Gasteiger partial charge < -0.3 is 9.73 Å². The van der Waals surface area contributed by atoms with E-state index in [1.165, 1.54) is 23.4 Å². The first-order valence-electron chi connectivity index (χ1n) is 4.92. The third-order valence-electron chi connectivity index (χ3n) is 2.17. The number of nitrogens with one attached hydrogen (secondary N) is 1. The Balaban J connectivity index is 2.05. The molecule has 0 aromatic carbocycles. The minimum Gasteiger partial charge on any atom is -0.400 e. The van der Waals surface area contributed by atoms with E-state index in [9.17, 15) is 14.9 Å². The van der Waals surface area contributed by atoms with Gasteiger partial charge in [-0.15, -0.1) is 0 Å². The van der Waals surface area contributed by atoms with Gasteiger partial charge in [0.2, 0.25) is 0 Å². The highest BCUT2D eigenvalue weighted by atomic mass is 16.6. The summed E-state index contributed by atoms with van der Waals surface area (Å²) in [6.45, 7) is 2.31. The molecule has 17 heavy (non-hydrogen) atoms. The maximum Gasteiger partial charge on any atom is 0.433 e. The smallest absolute Gasteiger partial charge is 0.400 e. The number of amides is 2. The van der Waals surface area contributed by atoms with Crippen LogP contribution < -0.4 is 5.32 Å². The minimum atomic E-state index is -0.637. The number of carbonyl (C=O) groups is 1. The summed E-state index contributed by atoms with van der Waals surface area (Å²) in [5.41, 5.74) is 0. The molecule has 1 aromatic rings. The lowest BCUT2D eigenvalue weighted by molar-refractivity contribution is -0.402. The molecule has 0 aliphatic carbocycles. The summed E-state index contributed by atoms with van der Waals surface area (Å²) in [5.74, 6) is -0.130. The maximum absolute atomic E-state index is 11.3. The molecule has 0 saturated carbocycles. The largest absolute Gasteiger partial charge is 0.433 e. The van der Waals surface area contributed by atoms with Crippen LogP contribution in [0.2, 0.25) is 0 Å². The average Bonchev–Trinajstić information content (AvgIpc) is 2.82. The second kappa shape index (κ2) is 4.24. The van der Waals surface area contributed by atoms with E-state index in [-0.39, 0.29) is 23.7 Å². The number of rotatable bonds is 3. The average molecular weight is 238 g/mol. The van der Waals surface area contributed by atoms with Crippen molar-refractivity contribution in [2.75, 3.05) is 6.54 Å². The topological polar surface area (TPSA) is 101 Å². The molecule has 0 radical (unpaired) electrons. The number of nitro groups is 1. The molecule has 1 atom stereocenters. The molecule has 2 heterocycles. The SMILES string of the molecule is CC1CN(/N=C/c2ccc([N+](=O)[O-])o2)C(=O)N1. The molecule has 1 unspecified atom stereocenters. The van der Waals surface area contributed by atoms with Crippen LogP contribution in [0.4, 0.5) is 10.7 Å². The van der Waals surface area contributed by atoms with E-state index in [0.29, 0.717) is 6.54 Å². The van der Waals surface area contributed by atoms with E-state index in [0.717, 1.165) is 0 Å². The van der Waals surface area contributed by atoms with Crippen molar-refractivity contribution >= 4 is 18.1 Å². The van der Waals surface area contributed by atoms with Crippen molar-refractivity contribution in [1.82, 2.24) is 10.3 Å². The fraction of sp³-hybridized carbons (Fsp3) is 0.333. The molecule has 1 fully saturated rings. The highest BCUT2D eigenvalue weighted by Gasteiger charge is 2.24. The molecule has 1 aromatic heterocycles. The van der Waals surface area contributed by atoms with Gasteiger partial charge in [0.15, 0.2) is 5.76 Å². The summed E-state index contributed by atoms with van der Waals surface area (Å²) in [4.78, 5) is 21.0. The predicted octanol–water partition coefficient (Wildman–Crippen LogP) is 0.935. The van der Waals surface area contributed by atoms with Crippen molar-refractivity contribution in [3.63, 3.8) is 0 Å². The van der Waals surface area contributed by atoms with Crippen LogP contribution in [-0.4, -0.2) is 34.8 Å². The van der Waals surface area contributed by atoms with Gasteiger partial charge in [-0.3, -0.25) is 10.1 Å². The Morgan fingerprint density at radius 2 is 2.47 bits per heavy atom. The number of furan rings is 1. The van der Waals surface area contributed by atoms with Gasteiger partial charge in [0.05, 0.1) is 18.8 Å². The molecule has 8 nitrogen and oxygen atoms in total. The fourth-order valence-electron chi connectivity index (χ4n) is 1.41. The van der Waals surface area contributed by atoms with E-state index in [2.05, 4.69) is 10.4 Å². The highest BCUT2D eigenvalue weighted by molar-refractivity contribution is 5.81. The van der Waals surface area contributed by atoms with Gasteiger partial charge in [0.25, 0.3) is 0 Å². The third kappa shape index (κ3) is 2.41. The van der Waals surface area contributed by atoms with Crippen molar-refractivity contribution in [3.8, 4) is 0 Å². The number of hydrazone groups is 1. The summed E-state index contributed by atoms with van der Waals surface area (Å²) >= 11 is 0. The van der Waals surface area contributed by atoms with Crippen LogP contribution in [0.5, 0.6) is 0 Å². The predicted molar refractivity (Wildman–Crippen MR) is 57.7 cm³/mol.